The first-order valence-corrected chi connectivity index (χ1v) is 9.88. The van der Waals surface area contributed by atoms with Gasteiger partial charge in [-0.3, -0.25) is 9.59 Å². The SMILES string of the molecule is CC12CCCC(=O)CCC1C1CCC3=CC(=O)C=CC3(C)C1CC2. The molecule has 4 aliphatic carbocycles. The Morgan fingerprint density at radius 1 is 0.958 bits per heavy atom. The Balaban J connectivity index is 1.66. The maximum absolute atomic E-state index is 12.0. The predicted molar refractivity (Wildman–Crippen MR) is 95.5 cm³/mol. The first-order valence-electron chi connectivity index (χ1n) is 9.88. The molecule has 5 atom stereocenters. The maximum Gasteiger partial charge on any atom is 0.178 e. The van der Waals surface area contributed by atoms with Gasteiger partial charge in [0.25, 0.3) is 0 Å². The van der Waals surface area contributed by atoms with Gasteiger partial charge < -0.3 is 0 Å². The second kappa shape index (κ2) is 5.68. The van der Waals surface area contributed by atoms with Crippen LogP contribution in [0.25, 0.3) is 0 Å². The molecule has 5 unspecified atom stereocenters. The van der Waals surface area contributed by atoms with E-state index in [4.69, 9.17) is 0 Å². The molecule has 0 spiro atoms. The summed E-state index contributed by atoms with van der Waals surface area (Å²) in [6, 6.07) is 0. The molecule has 0 saturated heterocycles. The molecular weight excluding hydrogens is 296 g/mol. The van der Waals surface area contributed by atoms with E-state index in [1.54, 1.807) is 6.08 Å². The fourth-order valence-corrected chi connectivity index (χ4v) is 6.60. The zero-order chi connectivity index (χ0) is 16.9. The number of ketones is 2. The molecule has 3 saturated carbocycles. The minimum Gasteiger partial charge on any atom is -0.300 e. The van der Waals surface area contributed by atoms with Crippen LogP contribution in [0, 0.1) is 28.6 Å². The van der Waals surface area contributed by atoms with Crippen molar-refractivity contribution >= 4 is 11.6 Å². The molecule has 0 aromatic carbocycles. The summed E-state index contributed by atoms with van der Waals surface area (Å²) in [6.45, 7) is 4.85. The van der Waals surface area contributed by atoms with Crippen molar-refractivity contribution in [2.24, 2.45) is 28.6 Å². The first-order chi connectivity index (χ1) is 11.4. The average Bonchev–Trinajstić information content (AvgIpc) is 2.53. The smallest absolute Gasteiger partial charge is 0.178 e. The van der Waals surface area contributed by atoms with Crippen LogP contribution in [-0.2, 0) is 9.59 Å². The lowest BCUT2D eigenvalue weighted by Crippen LogP contribution is -2.50. The summed E-state index contributed by atoms with van der Waals surface area (Å²) in [6.07, 6.45) is 15.7. The fraction of sp³-hybridized carbons (Fsp3) is 0.727. The summed E-state index contributed by atoms with van der Waals surface area (Å²) in [4.78, 5) is 23.9. The summed E-state index contributed by atoms with van der Waals surface area (Å²) in [5.74, 6) is 2.69. The van der Waals surface area contributed by atoms with Crippen LogP contribution in [-0.4, -0.2) is 11.6 Å². The van der Waals surface area contributed by atoms with Crippen LogP contribution in [0.15, 0.2) is 23.8 Å². The Kier molecular flexibility index (Phi) is 3.85. The van der Waals surface area contributed by atoms with Crippen molar-refractivity contribution in [3.05, 3.63) is 23.8 Å². The van der Waals surface area contributed by atoms with E-state index in [0.29, 0.717) is 23.0 Å². The Morgan fingerprint density at radius 2 is 1.79 bits per heavy atom. The summed E-state index contributed by atoms with van der Waals surface area (Å²) < 4.78 is 0. The number of carbonyl (C=O) groups is 2. The van der Waals surface area contributed by atoms with Crippen LogP contribution >= 0.6 is 0 Å². The zero-order valence-electron chi connectivity index (χ0n) is 15.1. The van der Waals surface area contributed by atoms with Gasteiger partial charge >= 0.3 is 0 Å². The molecule has 3 fully saturated rings. The molecule has 130 valence electrons. The minimum absolute atomic E-state index is 0.0739. The highest BCUT2D eigenvalue weighted by molar-refractivity contribution is 6.01. The van der Waals surface area contributed by atoms with E-state index in [1.807, 2.05) is 6.08 Å². The molecule has 0 radical (unpaired) electrons. The minimum atomic E-state index is 0.0739. The lowest BCUT2D eigenvalue weighted by Gasteiger charge is -2.58. The standard InChI is InChI=1S/C22H30O2/c1-21-11-3-4-16(23)6-8-19(21)18-7-5-15-14-17(24)9-13-22(15,2)20(18)10-12-21/h9,13-14,18-20H,3-8,10-12H2,1-2H3. The second-order valence-electron chi connectivity index (χ2n) is 9.23. The molecule has 0 aliphatic heterocycles. The van der Waals surface area contributed by atoms with E-state index < -0.39 is 0 Å². The number of Topliss-reactive ketones (excluding diaryl/α,β-unsaturated/α-hetero) is 1. The molecular formula is C22H30O2. The normalized spacial score (nSPS) is 45.4. The van der Waals surface area contributed by atoms with Crippen LogP contribution in [0.5, 0.6) is 0 Å². The summed E-state index contributed by atoms with van der Waals surface area (Å²) in [5.41, 5.74) is 1.86. The molecule has 4 rings (SSSR count). The van der Waals surface area contributed by atoms with E-state index >= 15 is 0 Å². The van der Waals surface area contributed by atoms with Crippen LogP contribution < -0.4 is 0 Å². The number of rotatable bonds is 0. The summed E-state index contributed by atoms with van der Waals surface area (Å²) >= 11 is 0. The van der Waals surface area contributed by atoms with E-state index in [1.165, 1.54) is 31.3 Å². The van der Waals surface area contributed by atoms with Crippen molar-refractivity contribution in [2.75, 3.05) is 0 Å². The van der Waals surface area contributed by atoms with Gasteiger partial charge in [-0.2, -0.15) is 0 Å². The molecule has 0 aromatic rings. The Labute approximate surface area is 145 Å². The van der Waals surface area contributed by atoms with Crippen molar-refractivity contribution in [1.82, 2.24) is 0 Å². The van der Waals surface area contributed by atoms with Crippen molar-refractivity contribution < 1.29 is 9.59 Å². The summed E-state index contributed by atoms with van der Waals surface area (Å²) in [7, 11) is 0. The number of carbonyl (C=O) groups excluding carboxylic acids is 2. The largest absolute Gasteiger partial charge is 0.300 e. The molecule has 4 aliphatic rings. The lowest BCUT2D eigenvalue weighted by atomic mass is 9.46. The monoisotopic (exact) mass is 326 g/mol. The average molecular weight is 326 g/mol. The van der Waals surface area contributed by atoms with E-state index in [9.17, 15) is 9.59 Å². The van der Waals surface area contributed by atoms with E-state index in [2.05, 4.69) is 19.9 Å². The van der Waals surface area contributed by atoms with Gasteiger partial charge in [0.15, 0.2) is 5.78 Å². The highest BCUT2D eigenvalue weighted by atomic mass is 16.1. The maximum atomic E-state index is 12.0. The third-order valence-electron chi connectivity index (χ3n) is 8.01. The number of allylic oxidation sites excluding steroid dienone is 4. The van der Waals surface area contributed by atoms with Crippen molar-refractivity contribution in [2.45, 2.75) is 71.6 Å². The van der Waals surface area contributed by atoms with Crippen molar-refractivity contribution in [1.29, 1.82) is 0 Å². The van der Waals surface area contributed by atoms with Crippen molar-refractivity contribution in [3.63, 3.8) is 0 Å². The molecule has 24 heavy (non-hydrogen) atoms. The van der Waals surface area contributed by atoms with Gasteiger partial charge in [0.1, 0.15) is 5.78 Å². The van der Waals surface area contributed by atoms with E-state index in [0.717, 1.165) is 38.0 Å². The van der Waals surface area contributed by atoms with Gasteiger partial charge in [0, 0.05) is 18.3 Å². The van der Waals surface area contributed by atoms with Gasteiger partial charge in [0.05, 0.1) is 0 Å². The number of fused-ring (bicyclic) bond motifs is 5. The molecule has 0 heterocycles. The highest BCUT2D eigenvalue weighted by Gasteiger charge is 2.54. The molecule has 0 amide bonds. The fourth-order valence-electron chi connectivity index (χ4n) is 6.60. The van der Waals surface area contributed by atoms with Crippen LogP contribution in [0.2, 0.25) is 0 Å². The number of hydrogen-bond donors (Lipinski definition) is 0. The topological polar surface area (TPSA) is 34.1 Å². The van der Waals surface area contributed by atoms with Crippen molar-refractivity contribution in [3.8, 4) is 0 Å². The third kappa shape index (κ3) is 2.45. The zero-order valence-corrected chi connectivity index (χ0v) is 15.1. The van der Waals surface area contributed by atoms with Crippen LogP contribution in [0.4, 0.5) is 0 Å². The van der Waals surface area contributed by atoms with Gasteiger partial charge in [0.2, 0.25) is 0 Å². The van der Waals surface area contributed by atoms with Crippen LogP contribution in [0.3, 0.4) is 0 Å². The number of hydrogen-bond acceptors (Lipinski definition) is 2. The van der Waals surface area contributed by atoms with Gasteiger partial charge in [-0.25, -0.2) is 0 Å². The lowest BCUT2D eigenvalue weighted by molar-refractivity contribution is -0.122. The molecule has 2 nitrogen and oxygen atoms in total. The highest BCUT2D eigenvalue weighted by Crippen LogP contribution is 2.62. The molecule has 0 aromatic heterocycles. The Morgan fingerprint density at radius 3 is 2.62 bits per heavy atom. The Bertz CT molecular complexity index is 628. The quantitative estimate of drug-likeness (QED) is 0.625. The third-order valence-corrected chi connectivity index (χ3v) is 8.01. The Hall–Kier alpha value is -1.18. The predicted octanol–water partition coefficient (Wildman–Crippen LogP) is 5.03. The molecule has 2 heteroatoms. The first kappa shape index (κ1) is 16.3. The van der Waals surface area contributed by atoms with Gasteiger partial charge in [-0.15, -0.1) is 0 Å². The molecule has 0 bridgehead atoms. The van der Waals surface area contributed by atoms with Crippen LogP contribution in [0.1, 0.15) is 71.6 Å². The summed E-state index contributed by atoms with van der Waals surface area (Å²) in [5, 5.41) is 0. The van der Waals surface area contributed by atoms with Gasteiger partial charge in [-0.05, 0) is 80.3 Å². The van der Waals surface area contributed by atoms with Gasteiger partial charge in [-0.1, -0.05) is 25.5 Å². The molecule has 0 N–H and O–H groups in total. The van der Waals surface area contributed by atoms with E-state index in [-0.39, 0.29) is 11.2 Å². The second-order valence-corrected chi connectivity index (χ2v) is 9.23.